The van der Waals surface area contributed by atoms with Crippen molar-refractivity contribution >= 4 is 16.0 Å². The molecule has 0 aliphatic carbocycles. The largest absolute Gasteiger partial charge is 0.503 e. The average molecular weight is 163 g/mol. The molecule has 1 unspecified atom stereocenters. The van der Waals surface area contributed by atoms with Gasteiger partial charge in [-0.15, -0.1) is 9.24 Å². The van der Waals surface area contributed by atoms with Gasteiger partial charge < -0.3 is 11.7 Å². The Balaban J connectivity index is 0. The minimum Gasteiger partial charge on any atom is -0.503 e. The number of nitrogens with zero attached hydrogens (tertiary/aromatic N) is 1. The van der Waals surface area contributed by atoms with Crippen molar-refractivity contribution in [1.82, 2.24) is 0 Å². The van der Waals surface area contributed by atoms with Gasteiger partial charge in [0.1, 0.15) is 0 Å². The molecule has 3 heteroatoms. The Bertz CT molecular complexity index is 23.6. The van der Waals surface area contributed by atoms with Crippen molar-refractivity contribution in [3.8, 4) is 0 Å². The van der Waals surface area contributed by atoms with E-state index in [-0.39, 0.29) is 32.7 Å². The Labute approximate surface area is 59.7 Å². The van der Waals surface area contributed by atoms with Crippen LogP contribution in [0.15, 0.2) is 4.99 Å². The van der Waals surface area contributed by atoms with Crippen molar-refractivity contribution in [2.24, 2.45) is 4.99 Å². The van der Waals surface area contributed by atoms with Gasteiger partial charge in [-0.3, -0.25) is 0 Å². The summed E-state index contributed by atoms with van der Waals surface area (Å²) >= 11 is 0. The molecule has 0 saturated heterocycles. The fourth-order valence-electron chi connectivity index (χ4n) is 0. The molecule has 0 amide bonds. The first kappa shape index (κ1) is 9.51. The van der Waals surface area contributed by atoms with E-state index in [0.717, 1.165) is 0 Å². The van der Waals surface area contributed by atoms with E-state index in [2.05, 4.69) is 20.9 Å². The minimum absolute atomic E-state index is 0. The van der Waals surface area contributed by atoms with Crippen LogP contribution in [0.5, 0.6) is 0 Å². The van der Waals surface area contributed by atoms with Gasteiger partial charge in [-0.1, -0.05) is 0 Å². The molecule has 0 aromatic rings. The molecule has 0 heterocycles. The molecule has 0 aliphatic rings. The molecule has 0 aromatic heterocycles. The summed E-state index contributed by atoms with van der Waals surface area (Å²) in [7, 11) is 2.36. The van der Waals surface area contributed by atoms with Gasteiger partial charge in [-0.25, -0.2) is 0 Å². The van der Waals surface area contributed by atoms with E-state index in [0.29, 0.717) is 6.29 Å². The van der Waals surface area contributed by atoms with E-state index in [1.54, 1.807) is 0 Å². The Morgan fingerprint density at radius 1 is 1.80 bits per heavy atom. The van der Waals surface area contributed by atoms with E-state index in [1.807, 2.05) is 0 Å². The predicted molar refractivity (Wildman–Crippen MR) is 23.1 cm³/mol. The molecule has 0 spiro atoms. The summed E-state index contributed by atoms with van der Waals surface area (Å²) < 4.78 is 0. The molecule has 0 rings (SSSR count). The van der Waals surface area contributed by atoms with Crippen LogP contribution in [0.4, 0.5) is 0 Å². The summed E-state index contributed by atoms with van der Waals surface area (Å²) in [5.74, 6) is 0. The number of hydrogen-bond donors (Lipinski definition) is 0. The number of rotatable bonds is 1. The summed E-state index contributed by atoms with van der Waals surface area (Å²) in [5, 5.41) is 0. The maximum Gasteiger partial charge on any atom is 0.0143 e. The van der Waals surface area contributed by atoms with Gasteiger partial charge in [0.25, 0.3) is 0 Å². The van der Waals surface area contributed by atoms with Crippen LogP contribution in [-0.4, -0.2) is 13.0 Å². The summed E-state index contributed by atoms with van der Waals surface area (Å²) in [4.78, 5) is 3.20. The van der Waals surface area contributed by atoms with Gasteiger partial charge >= 0.3 is 0 Å². The zero-order valence-electron chi connectivity index (χ0n) is 2.89. The Morgan fingerprint density at radius 2 is 2.00 bits per heavy atom. The molecular formula is C2H5NPY-. The maximum atomic E-state index is 4.63. The molecule has 1 radical (unpaired) electrons. The monoisotopic (exact) mass is 163 g/mol. The molecular weight excluding hydrogens is 158 g/mol. The molecule has 0 aromatic carbocycles. The van der Waals surface area contributed by atoms with Crippen LogP contribution >= 0.6 is 9.24 Å². The third-order valence-corrected chi connectivity index (χ3v) is 0.316. The average Bonchev–Trinajstić information content (AvgIpc) is 1.37. The zero-order chi connectivity index (χ0) is 3.41. The van der Waals surface area contributed by atoms with Gasteiger partial charge in [-0.05, 0) is 0 Å². The first-order valence-corrected chi connectivity index (χ1v) is 1.80. The van der Waals surface area contributed by atoms with Crippen LogP contribution in [-0.2, 0) is 32.7 Å². The molecule has 0 bridgehead atoms. The third kappa shape index (κ3) is 11.0. The van der Waals surface area contributed by atoms with Gasteiger partial charge in [0.05, 0.1) is 0 Å². The van der Waals surface area contributed by atoms with E-state index in [9.17, 15) is 0 Å². The van der Waals surface area contributed by atoms with E-state index < -0.39 is 0 Å². The van der Waals surface area contributed by atoms with E-state index in [4.69, 9.17) is 0 Å². The van der Waals surface area contributed by atoms with Crippen LogP contribution < -0.4 is 0 Å². The summed E-state index contributed by atoms with van der Waals surface area (Å²) in [6.07, 6.45) is 0.639. The topological polar surface area (TPSA) is 12.4 Å². The van der Waals surface area contributed by atoms with Gasteiger partial charge in [0.2, 0.25) is 0 Å². The summed E-state index contributed by atoms with van der Waals surface area (Å²) in [6.45, 7) is 4.63. The quantitative estimate of drug-likeness (QED) is 0.301. The second kappa shape index (κ2) is 8.96. The molecule has 1 nitrogen and oxygen atoms in total. The second-order valence-electron chi connectivity index (χ2n) is 0.365. The molecule has 0 saturated carbocycles. The second-order valence-corrected chi connectivity index (χ2v) is 0.730. The normalized spacial score (nSPS) is 5.00. The SMILES string of the molecule is [CH-]=NCP.[Y]. The fourth-order valence-corrected chi connectivity index (χ4v) is 0. The van der Waals surface area contributed by atoms with Crippen molar-refractivity contribution in [3.05, 3.63) is 0 Å². The van der Waals surface area contributed by atoms with Gasteiger partial charge in [0.15, 0.2) is 0 Å². The molecule has 0 fully saturated rings. The Hall–Kier alpha value is 1.20. The molecule has 0 N–H and O–H groups in total. The maximum absolute atomic E-state index is 4.63. The van der Waals surface area contributed by atoms with Gasteiger partial charge in [0, 0.05) is 39.0 Å². The van der Waals surface area contributed by atoms with Crippen LogP contribution in [0, 0.1) is 0 Å². The van der Waals surface area contributed by atoms with Crippen molar-refractivity contribution in [2.75, 3.05) is 6.29 Å². The van der Waals surface area contributed by atoms with Crippen LogP contribution in [0.1, 0.15) is 0 Å². The smallest absolute Gasteiger partial charge is 0.0143 e. The van der Waals surface area contributed by atoms with Crippen molar-refractivity contribution in [2.45, 2.75) is 0 Å². The Kier molecular flexibility index (Phi) is 17.0. The molecule has 0 aliphatic heterocycles. The van der Waals surface area contributed by atoms with Crippen LogP contribution in [0.25, 0.3) is 0 Å². The number of hydrogen-bond acceptors (Lipinski definition) is 1. The first-order valence-electron chi connectivity index (χ1n) is 0.983. The van der Waals surface area contributed by atoms with Gasteiger partial charge in [-0.2, -0.15) is 0 Å². The van der Waals surface area contributed by atoms with E-state index >= 15 is 0 Å². The standard InChI is InChI=1S/C2H5NP.Y/c1-3-2-4;/h1H,2,4H2;/q-1;. The molecule has 27 valence electrons. The molecule has 1 atom stereocenters. The van der Waals surface area contributed by atoms with Crippen molar-refractivity contribution < 1.29 is 32.7 Å². The van der Waals surface area contributed by atoms with Crippen molar-refractivity contribution in [3.63, 3.8) is 0 Å². The van der Waals surface area contributed by atoms with E-state index in [1.165, 1.54) is 0 Å². The zero-order valence-corrected chi connectivity index (χ0v) is 6.88. The third-order valence-electron chi connectivity index (χ3n) is 0.105. The summed E-state index contributed by atoms with van der Waals surface area (Å²) in [5.41, 5.74) is 0. The summed E-state index contributed by atoms with van der Waals surface area (Å²) in [6, 6.07) is 0. The fraction of sp³-hybridized carbons (Fsp3) is 0.500. The molecule has 5 heavy (non-hydrogen) atoms. The minimum atomic E-state index is 0. The number of aliphatic imine (C=N–C) groups is 1. The first-order chi connectivity index (χ1) is 1.91. The van der Waals surface area contributed by atoms with Crippen molar-refractivity contribution in [1.29, 1.82) is 0 Å². The predicted octanol–water partition coefficient (Wildman–Crippen LogP) is 0.394. The van der Waals surface area contributed by atoms with Crippen LogP contribution in [0.3, 0.4) is 0 Å². The van der Waals surface area contributed by atoms with Crippen LogP contribution in [0.2, 0.25) is 0 Å². The Morgan fingerprint density at radius 3 is 2.00 bits per heavy atom.